The highest BCUT2D eigenvalue weighted by Gasteiger charge is 2.30. The second kappa shape index (κ2) is 6.64. The Labute approximate surface area is 127 Å². The minimum Gasteiger partial charge on any atom is -0.382 e. The molecule has 3 nitrogen and oxygen atoms in total. The molecule has 0 radical (unpaired) electrons. The summed E-state index contributed by atoms with van der Waals surface area (Å²) < 4.78 is 0. The molecule has 1 aromatic rings. The summed E-state index contributed by atoms with van der Waals surface area (Å²) in [5.74, 6) is 2.07. The zero-order chi connectivity index (χ0) is 15.4. The summed E-state index contributed by atoms with van der Waals surface area (Å²) in [5.41, 5.74) is 1.85. The van der Waals surface area contributed by atoms with Crippen molar-refractivity contribution >= 4 is 5.69 Å². The topological polar surface area (TPSA) is 59.6 Å². The number of nitrogens with one attached hydrogen (secondary N) is 1. The molecule has 3 heteroatoms. The van der Waals surface area contributed by atoms with Crippen molar-refractivity contribution in [1.29, 1.82) is 10.5 Å². The van der Waals surface area contributed by atoms with Crippen molar-refractivity contribution in [3.8, 4) is 12.1 Å². The summed E-state index contributed by atoms with van der Waals surface area (Å²) in [6.45, 7) is 6.88. The van der Waals surface area contributed by atoms with E-state index in [0.717, 1.165) is 11.6 Å². The van der Waals surface area contributed by atoms with Gasteiger partial charge in [0.1, 0.15) is 12.1 Å². The van der Waals surface area contributed by atoms with Crippen molar-refractivity contribution in [2.75, 3.05) is 5.32 Å². The SMILES string of the molecule is CC1CCC(C(C)C)C(Nc2ccc(C#N)c(C#N)c2)C1. The molecule has 0 bridgehead atoms. The number of benzene rings is 1. The Hall–Kier alpha value is -2.00. The maximum absolute atomic E-state index is 9.13. The fraction of sp³-hybridized carbons (Fsp3) is 0.556. The van der Waals surface area contributed by atoms with Crippen molar-refractivity contribution in [2.45, 2.75) is 46.1 Å². The van der Waals surface area contributed by atoms with Crippen molar-refractivity contribution < 1.29 is 0 Å². The van der Waals surface area contributed by atoms with Gasteiger partial charge in [0, 0.05) is 11.7 Å². The number of rotatable bonds is 3. The highest BCUT2D eigenvalue weighted by molar-refractivity contribution is 5.56. The normalized spacial score (nSPS) is 25.1. The van der Waals surface area contributed by atoms with Gasteiger partial charge in [-0.1, -0.05) is 27.2 Å². The van der Waals surface area contributed by atoms with Crippen LogP contribution in [0.25, 0.3) is 0 Å². The third-order valence-electron chi connectivity index (χ3n) is 4.63. The van der Waals surface area contributed by atoms with E-state index in [2.05, 4.69) is 38.2 Å². The lowest BCUT2D eigenvalue weighted by Gasteiger charge is -2.38. The standard InChI is InChI=1S/C18H23N3/c1-12(2)17-7-4-13(3)8-18(17)21-16-6-5-14(10-19)15(9-16)11-20/h5-6,9,12-13,17-18,21H,4,7-8H2,1-3H3. The third kappa shape index (κ3) is 3.56. The molecular formula is C18H23N3. The quantitative estimate of drug-likeness (QED) is 0.898. The Balaban J connectivity index is 2.19. The van der Waals surface area contributed by atoms with E-state index < -0.39 is 0 Å². The number of hydrogen-bond donors (Lipinski definition) is 1. The minimum absolute atomic E-state index is 0.445. The Morgan fingerprint density at radius 3 is 2.48 bits per heavy atom. The van der Waals surface area contributed by atoms with E-state index in [-0.39, 0.29) is 0 Å². The van der Waals surface area contributed by atoms with Crippen LogP contribution in [-0.2, 0) is 0 Å². The van der Waals surface area contributed by atoms with Crippen molar-refractivity contribution in [3.05, 3.63) is 29.3 Å². The van der Waals surface area contributed by atoms with Gasteiger partial charge in [0.05, 0.1) is 11.1 Å². The lowest BCUT2D eigenvalue weighted by molar-refractivity contribution is 0.212. The molecule has 3 atom stereocenters. The van der Waals surface area contributed by atoms with E-state index in [9.17, 15) is 0 Å². The van der Waals surface area contributed by atoms with Crippen molar-refractivity contribution in [2.24, 2.45) is 17.8 Å². The highest BCUT2D eigenvalue weighted by atomic mass is 14.9. The van der Waals surface area contributed by atoms with Gasteiger partial charge in [0.15, 0.2) is 0 Å². The van der Waals surface area contributed by atoms with Crippen LogP contribution >= 0.6 is 0 Å². The van der Waals surface area contributed by atoms with Gasteiger partial charge < -0.3 is 5.32 Å². The van der Waals surface area contributed by atoms with E-state index in [1.165, 1.54) is 19.3 Å². The molecule has 0 heterocycles. The van der Waals surface area contributed by atoms with Crippen LogP contribution < -0.4 is 5.32 Å². The van der Waals surface area contributed by atoms with E-state index in [4.69, 9.17) is 10.5 Å². The summed E-state index contributed by atoms with van der Waals surface area (Å²) >= 11 is 0. The smallest absolute Gasteiger partial charge is 0.101 e. The molecule has 1 aromatic carbocycles. The fourth-order valence-electron chi connectivity index (χ4n) is 3.41. The predicted molar refractivity (Wildman–Crippen MR) is 84.6 cm³/mol. The van der Waals surface area contributed by atoms with E-state index in [0.29, 0.717) is 29.0 Å². The second-order valence-corrected chi connectivity index (χ2v) is 6.56. The van der Waals surface area contributed by atoms with Crippen LogP contribution in [0.4, 0.5) is 5.69 Å². The van der Waals surface area contributed by atoms with Gasteiger partial charge in [-0.3, -0.25) is 0 Å². The molecule has 0 saturated heterocycles. The summed E-state index contributed by atoms with van der Waals surface area (Å²) in [6.07, 6.45) is 3.74. The molecule has 1 aliphatic rings. The van der Waals surface area contributed by atoms with Gasteiger partial charge in [-0.2, -0.15) is 10.5 Å². The number of anilines is 1. The molecule has 0 amide bonds. The lowest BCUT2D eigenvalue weighted by atomic mass is 9.74. The van der Waals surface area contributed by atoms with Crippen LogP contribution in [0, 0.1) is 40.4 Å². The summed E-state index contributed by atoms with van der Waals surface area (Å²) in [4.78, 5) is 0. The maximum Gasteiger partial charge on any atom is 0.101 e. The summed E-state index contributed by atoms with van der Waals surface area (Å²) in [7, 11) is 0. The molecule has 1 saturated carbocycles. The Morgan fingerprint density at radius 1 is 1.14 bits per heavy atom. The van der Waals surface area contributed by atoms with Crippen LogP contribution in [0.15, 0.2) is 18.2 Å². The zero-order valence-electron chi connectivity index (χ0n) is 13.1. The van der Waals surface area contributed by atoms with Crippen LogP contribution in [0.2, 0.25) is 0 Å². The number of nitriles is 2. The first-order valence-corrected chi connectivity index (χ1v) is 7.76. The van der Waals surface area contributed by atoms with E-state index >= 15 is 0 Å². The fourth-order valence-corrected chi connectivity index (χ4v) is 3.41. The third-order valence-corrected chi connectivity index (χ3v) is 4.63. The van der Waals surface area contributed by atoms with Crippen LogP contribution in [0.3, 0.4) is 0 Å². The average molecular weight is 281 g/mol. The van der Waals surface area contributed by atoms with Crippen LogP contribution in [-0.4, -0.2) is 6.04 Å². The molecule has 1 aliphatic carbocycles. The predicted octanol–water partition coefficient (Wildman–Crippen LogP) is 4.30. The Kier molecular flexibility index (Phi) is 4.86. The van der Waals surface area contributed by atoms with Gasteiger partial charge in [-0.15, -0.1) is 0 Å². The molecule has 0 aromatic heterocycles. The van der Waals surface area contributed by atoms with E-state index in [1.807, 2.05) is 6.07 Å². The summed E-state index contributed by atoms with van der Waals surface area (Å²) in [6, 6.07) is 10.1. The van der Waals surface area contributed by atoms with Crippen molar-refractivity contribution in [1.82, 2.24) is 0 Å². The molecule has 3 unspecified atom stereocenters. The van der Waals surface area contributed by atoms with Crippen molar-refractivity contribution in [3.63, 3.8) is 0 Å². The monoisotopic (exact) mass is 281 g/mol. The average Bonchev–Trinajstić information content (AvgIpc) is 2.46. The first kappa shape index (κ1) is 15.4. The molecule has 21 heavy (non-hydrogen) atoms. The summed E-state index contributed by atoms with van der Waals surface area (Å²) in [5, 5.41) is 21.7. The minimum atomic E-state index is 0.445. The molecular weight excluding hydrogens is 258 g/mol. The highest BCUT2D eigenvalue weighted by Crippen LogP contribution is 2.35. The van der Waals surface area contributed by atoms with Crippen LogP contribution in [0.1, 0.15) is 51.2 Å². The first-order valence-electron chi connectivity index (χ1n) is 7.76. The lowest BCUT2D eigenvalue weighted by Crippen LogP contribution is -2.37. The van der Waals surface area contributed by atoms with E-state index in [1.54, 1.807) is 12.1 Å². The van der Waals surface area contributed by atoms with Gasteiger partial charge in [0.2, 0.25) is 0 Å². The zero-order valence-corrected chi connectivity index (χ0v) is 13.1. The second-order valence-electron chi connectivity index (χ2n) is 6.56. The van der Waals surface area contributed by atoms with Gasteiger partial charge >= 0.3 is 0 Å². The Bertz CT molecular complexity index is 577. The maximum atomic E-state index is 9.13. The molecule has 110 valence electrons. The molecule has 1 N–H and O–H groups in total. The largest absolute Gasteiger partial charge is 0.382 e. The number of nitrogens with zero attached hydrogens (tertiary/aromatic N) is 2. The first-order chi connectivity index (χ1) is 10.0. The number of hydrogen-bond acceptors (Lipinski definition) is 3. The molecule has 0 aliphatic heterocycles. The van der Waals surface area contributed by atoms with Gasteiger partial charge in [-0.05, 0) is 48.8 Å². The van der Waals surface area contributed by atoms with Crippen LogP contribution in [0.5, 0.6) is 0 Å². The molecule has 2 rings (SSSR count). The molecule has 1 fully saturated rings. The van der Waals surface area contributed by atoms with Gasteiger partial charge in [0.25, 0.3) is 0 Å². The Morgan fingerprint density at radius 2 is 1.86 bits per heavy atom. The molecule has 0 spiro atoms. The van der Waals surface area contributed by atoms with Gasteiger partial charge in [-0.25, -0.2) is 0 Å².